The molecule has 1 aliphatic heterocycles. The van der Waals surface area contributed by atoms with Gasteiger partial charge in [-0.3, -0.25) is 4.79 Å². The van der Waals surface area contributed by atoms with Crippen molar-refractivity contribution in [3.8, 4) is 0 Å². The third-order valence-electron chi connectivity index (χ3n) is 1.86. The van der Waals surface area contributed by atoms with E-state index in [0.29, 0.717) is 6.42 Å². The Labute approximate surface area is 63.0 Å². The van der Waals surface area contributed by atoms with Gasteiger partial charge in [-0.1, -0.05) is 20.8 Å². The van der Waals surface area contributed by atoms with Crippen LogP contribution in [-0.4, -0.2) is 12.6 Å². The first-order chi connectivity index (χ1) is 4.91. The van der Waals surface area contributed by atoms with Gasteiger partial charge in [-0.2, -0.15) is 0 Å². The largest absolute Gasteiger partial charge is 0.465 e. The van der Waals surface area contributed by atoms with Crippen LogP contribution in [0.15, 0.2) is 0 Å². The molecule has 1 fully saturated rings. The Balaban J connectivity index is 2.68. The molecule has 0 aromatic carbocycles. The molecule has 2 nitrogen and oxygen atoms in total. The van der Waals surface area contributed by atoms with Crippen LogP contribution in [0.3, 0.4) is 0 Å². The summed E-state index contributed by atoms with van der Waals surface area (Å²) in [6, 6.07) is 0. The molecule has 58 valence electrons. The molecule has 1 rings (SSSR count). The number of carbonyl (C=O) groups is 1. The molecule has 10 heavy (non-hydrogen) atoms. The summed E-state index contributed by atoms with van der Waals surface area (Å²) < 4.78 is 12.0. The van der Waals surface area contributed by atoms with Gasteiger partial charge in [0.2, 0.25) is 0 Å². The van der Waals surface area contributed by atoms with Gasteiger partial charge in [0.05, 0.1) is 13.9 Å². The predicted octanol–water partition coefficient (Wildman–Crippen LogP) is 1.60. The molecule has 0 aromatic rings. The van der Waals surface area contributed by atoms with Crippen molar-refractivity contribution >= 4 is 5.97 Å². The second kappa shape index (κ2) is 2.26. The number of ether oxygens (including phenoxy) is 1. The highest BCUT2D eigenvalue weighted by atomic mass is 16.5. The monoisotopic (exact) mass is 143 g/mol. The molecule has 0 aromatic heterocycles. The molecule has 1 heterocycles. The second-order valence-electron chi connectivity index (χ2n) is 3.76. The van der Waals surface area contributed by atoms with E-state index in [1.165, 1.54) is 0 Å². The van der Waals surface area contributed by atoms with Gasteiger partial charge in [0.25, 0.3) is 0 Å². The number of carbonyl (C=O) groups excluding carboxylic acids is 1. The van der Waals surface area contributed by atoms with Crippen molar-refractivity contribution in [2.45, 2.75) is 27.2 Å². The molecule has 0 saturated carbocycles. The van der Waals surface area contributed by atoms with E-state index in [-0.39, 0.29) is 17.3 Å². The molecule has 0 spiro atoms. The predicted molar refractivity (Wildman–Crippen MR) is 38.5 cm³/mol. The molecule has 0 N–H and O–H groups in total. The fraction of sp³-hybridized carbons (Fsp3) is 0.875. The Morgan fingerprint density at radius 3 is 2.50 bits per heavy atom. The van der Waals surface area contributed by atoms with E-state index in [4.69, 9.17) is 6.11 Å². The highest BCUT2D eigenvalue weighted by molar-refractivity contribution is 5.74. The molecule has 0 radical (unpaired) electrons. The lowest BCUT2D eigenvalue weighted by molar-refractivity contribution is -0.143. The van der Waals surface area contributed by atoms with Crippen LogP contribution in [0.1, 0.15) is 28.6 Å². The Kier molecular flexibility index (Phi) is 1.40. The van der Waals surface area contributed by atoms with E-state index < -0.39 is 6.58 Å². The van der Waals surface area contributed by atoms with E-state index in [2.05, 4.69) is 0 Å². The summed E-state index contributed by atoms with van der Waals surface area (Å²) >= 11 is 0. The molecule has 2 heteroatoms. The molecule has 0 amide bonds. The van der Waals surface area contributed by atoms with Crippen molar-refractivity contribution in [2.75, 3.05) is 6.58 Å². The van der Waals surface area contributed by atoms with Crippen molar-refractivity contribution < 1.29 is 10.9 Å². The number of cyclic esters (lactones) is 1. The highest BCUT2D eigenvalue weighted by Gasteiger charge is 2.36. The van der Waals surface area contributed by atoms with Crippen LogP contribution in [0.5, 0.6) is 0 Å². The van der Waals surface area contributed by atoms with Crippen LogP contribution >= 0.6 is 0 Å². The lowest BCUT2D eigenvalue weighted by atomic mass is 9.80. The van der Waals surface area contributed by atoms with E-state index in [0.717, 1.165) is 0 Å². The normalized spacial score (nSPS) is 35.5. The average molecular weight is 143 g/mol. The van der Waals surface area contributed by atoms with Crippen molar-refractivity contribution in [3.63, 3.8) is 0 Å². The molecule has 2 atom stereocenters. The summed E-state index contributed by atoms with van der Waals surface area (Å²) in [5, 5.41) is 0. The first kappa shape index (κ1) is 6.20. The average Bonchev–Trinajstić information content (AvgIpc) is 2.08. The molecule has 1 aliphatic rings. The lowest BCUT2D eigenvalue weighted by Gasteiger charge is -2.22. The van der Waals surface area contributed by atoms with Crippen molar-refractivity contribution in [1.29, 1.82) is 0 Å². The van der Waals surface area contributed by atoms with Crippen LogP contribution < -0.4 is 0 Å². The van der Waals surface area contributed by atoms with Gasteiger partial charge in [-0.25, -0.2) is 0 Å². The maximum Gasteiger partial charge on any atom is 0.309 e. The van der Waals surface area contributed by atoms with Gasteiger partial charge in [0, 0.05) is 0 Å². The fourth-order valence-corrected chi connectivity index (χ4v) is 1.11. The number of hydrogen-bond donors (Lipinski definition) is 0. The fourth-order valence-electron chi connectivity index (χ4n) is 1.11. The Bertz CT molecular complexity index is 171. The standard InChI is InChI=1S/C8H14O2/c1-8(2,3)6-4-5-10-7(6)9/h6H,4-5H2,1-3H3/t6-/m1/s1/i5D/t5-,6+/m0. The lowest BCUT2D eigenvalue weighted by Crippen LogP contribution is -2.24. The van der Waals surface area contributed by atoms with Gasteiger partial charge in [-0.15, -0.1) is 0 Å². The van der Waals surface area contributed by atoms with Gasteiger partial charge in [-0.05, 0) is 11.8 Å². The van der Waals surface area contributed by atoms with Gasteiger partial charge in [0.1, 0.15) is 0 Å². The first-order valence-electron chi connectivity index (χ1n) is 4.12. The quantitative estimate of drug-likeness (QED) is 0.481. The molecule has 0 aliphatic carbocycles. The minimum absolute atomic E-state index is 0.0626. The number of rotatable bonds is 0. The number of hydrogen-bond acceptors (Lipinski definition) is 2. The van der Waals surface area contributed by atoms with Crippen LogP contribution in [0.25, 0.3) is 0 Å². The van der Waals surface area contributed by atoms with Crippen molar-refractivity contribution in [1.82, 2.24) is 0 Å². The van der Waals surface area contributed by atoms with Gasteiger partial charge >= 0.3 is 5.97 Å². The minimum atomic E-state index is -0.633. The zero-order chi connectivity index (χ0) is 8.65. The van der Waals surface area contributed by atoms with Crippen molar-refractivity contribution in [3.05, 3.63) is 0 Å². The maximum atomic E-state index is 11.1. The molecular weight excluding hydrogens is 128 g/mol. The van der Waals surface area contributed by atoms with E-state index in [1.807, 2.05) is 20.8 Å². The Hall–Kier alpha value is -0.530. The second-order valence-corrected chi connectivity index (χ2v) is 3.76. The smallest absolute Gasteiger partial charge is 0.309 e. The van der Waals surface area contributed by atoms with E-state index in [9.17, 15) is 4.79 Å². The molecular formula is C8H14O2. The van der Waals surface area contributed by atoms with Crippen LogP contribution in [0, 0.1) is 11.3 Å². The Morgan fingerprint density at radius 1 is 1.70 bits per heavy atom. The highest BCUT2D eigenvalue weighted by Crippen LogP contribution is 2.32. The topological polar surface area (TPSA) is 26.3 Å². The molecule has 1 saturated heterocycles. The third-order valence-corrected chi connectivity index (χ3v) is 1.86. The van der Waals surface area contributed by atoms with E-state index >= 15 is 0 Å². The zero-order valence-corrected chi connectivity index (χ0v) is 6.68. The number of esters is 1. The Morgan fingerprint density at radius 2 is 2.30 bits per heavy atom. The summed E-state index contributed by atoms with van der Waals surface area (Å²) in [7, 11) is 0. The summed E-state index contributed by atoms with van der Waals surface area (Å²) in [6.07, 6.45) is 0.544. The summed E-state index contributed by atoms with van der Waals surface area (Å²) in [5.41, 5.74) is -0.0626. The first-order valence-corrected chi connectivity index (χ1v) is 3.54. The van der Waals surface area contributed by atoms with Gasteiger partial charge < -0.3 is 4.74 Å². The minimum Gasteiger partial charge on any atom is -0.465 e. The van der Waals surface area contributed by atoms with Gasteiger partial charge in [0.15, 0.2) is 0 Å². The van der Waals surface area contributed by atoms with E-state index in [1.54, 1.807) is 0 Å². The summed E-state index contributed by atoms with van der Waals surface area (Å²) in [4.78, 5) is 11.1. The van der Waals surface area contributed by atoms with Crippen LogP contribution in [0.4, 0.5) is 0 Å². The third kappa shape index (κ3) is 1.31. The van der Waals surface area contributed by atoms with Crippen LogP contribution in [-0.2, 0) is 9.53 Å². The zero-order valence-electron chi connectivity index (χ0n) is 7.68. The van der Waals surface area contributed by atoms with Crippen molar-refractivity contribution in [2.24, 2.45) is 11.3 Å². The maximum absolute atomic E-state index is 11.1. The SMILES string of the molecule is [2H][C@H]1C[C@@H](C(C)(C)C)C(=O)O1. The summed E-state index contributed by atoms with van der Waals surface area (Å²) in [6.45, 7) is 5.36. The van der Waals surface area contributed by atoms with Crippen LogP contribution in [0.2, 0.25) is 0 Å². The molecule has 0 unspecified atom stereocenters. The molecule has 0 bridgehead atoms. The summed E-state index contributed by atoms with van der Waals surface area (Å²) in [5.74, 6) is -0.303.